The topological polar surface area (TPSA) is 6.48 Å². The number of nitrogens with zero attached hydrogens (tertiary/aromatic N) is 2. The van der Waals surface area contributed by atoms with Crippen LogP contribution in [0, 0.1) is 6.92 Å². The summed E-state index contributed by atoms with van der Waals surface area (Å²) in [6.45, 7) is 28.6. The van der Waals surface area contributed by atoms with Crippen LogP contribution in [0.25, 0.3) is 33.4 Å². The molecule has 0 bridgehead atoms. The molecule has 1 saturated carbocycles. The molecule has 3 aliphatic rings. The Morgan fingerprint density at radius 1 is 0.515 bits per heavy atom. The number of rotatable bonds is 6. The van der Waals surface area contributed by atoms with Gasteiger partial charge in [0, 0.05) is 40.0 Å². The molecule has 0 saturated heterocycles. The fourth-order valence-corrected chi connectivity index (χ4v) is 11.8. The van der Waals surface area contributed by atoms with Crippen LogP contribution in [0.3, 0.4) is 0 Å². The molecular weight excluding hydrogens is 797 g/mol. The van der Waals surface area contributed by atoms with Crippen LogP contribution in [0.4, 0.5) is 28.4 Å². The van der Waals surface area contributed by atoms with E-state index in [1.165, 1.54) is 120 Å². The summed E-state index contributed by atoms with van der Waals surface area (Å²) in [5.74, 6) is 0. The Morgan fingerprint density at radius 3 is 1.71 bits per heavy atom. The molecule has 2 unspecified atom stereocenters. The molecule has 2 nitrogen and oxygen atoms in total. The zero-order valence-corrected chi connectivity index (χ0v) is 41.8. The first-order chi connectivity index (χ1) is 31.3. The Labute approximate surface area is 396 Å². The third-order valence-corrected chi connectivity index (χ3v) is 15.9. The van der Waals surface area contributed by atoms with Gasteiger partial charge in [0.25, 0.3) is 0 Å². The van der Waals surface area contributed by atoms with Crippen LogP contribution < -0.4 is 9.80 Å². The van der Waals surface area contributed by atoms with Crippen LogP contribution >= 0.6 is 0 Å². The summed E-state index contributed by atoms with van der Waals surface area (Å²) in [4.78, 5) is 5.45. The van der Waals surface area contributed by atoms with Gasteiger partial charge < -0.3 is 9.80 Å². The number of hydrogen-bond donors (Lipinski definition) is 0. The maximum Gasteiger partial charge on any atom is 0.0618 e. The van der Waals surface area contributed by atoms with Crippen molar-refractivity contribution in [2.24, 2.45) is 0 Å². The van der Waals surface area contributed by atoms with Gasteiger partial charge in [0.1, 0.15) is 0 Å². The average molecular weight is 867 g/mol. The third-order valence-electron chi connectivity index (χ3n) is 15.9. The van der Waals surface area contributed by atoms with E-state index >= 15 is 0 Å². The quantitative estimate of drug-likeness (QED) is 0.164. The smallest absolute Gasteiger partial charge is 0.0618 e. The van der Waals surface area contributed by atoms with Crippen LogP contribution in [0.15, 0.2) is 146 Å². The van der Waals surface area contributed by atoms with Crippen LogP contribution in [0.5, 0.6) is 0 Å². The average Bonchev–Trinajstić information content (AvgIpc) is 3.75. The normalized spacial score (nSPS) is 19.0. The van der Waals surface area contributed by atoms with Gasteiger partial charge in [-0.2, -0.15) is 0 Å². The number of aryl methyl sites for hydroxylation is 1. The lowest BCUT2D eigenvalue weighted by Gasteiger charge is -2.50. The molecule has 2 aliphatic carbocycles. The zero-order chi connectivity index (χ0) is 46.6. The molecule has 7 aromatic carbocycles. The molecule has 0 aromatic heterocycles. The third kappa shape index (κ3) is 7.22. The van der Waals surface area contributed by atoms with Gasteiger partial charge >= 0.3 is 0 Å². The summed E-state index contributed by atoms with van der Waals surface area (Å²) in [7, 11) is 0. The van der Waals surface area contributed by atoms with Crippen molar-refractivity contribution in [1.29, 1.82) is 0 Å². The van der Waals surface area contributed by atoms with Gasteiger partial charge in [-0.15, -0.1) is 0 Å². The van der Waals surface area contributed by atoms with E-state index in [4.69, 9.17) is 0 Å². The fraction of sp³-hybridized carbons (Fsp3) is 0.344. The van der Waals surface area contributed by atoms with E-state index in [-0.39, 0.29) is 27.2 Å². The fourth-order valence-electron chi connectivity index (χ4n) is 11.8. The molecule has 336 valence electrons. The first-order valence-corrected chi connectivity index (χ1v) is 24.7. The van der Waals surface area contributed by atoms with Gasteiger partial charge in [0.2, 0.25) is 0 Å². The minimum absolute atomic E-state index is 0.0210. The Bertz CT molecular complexity index is 2930. The number of benzene rings is 7. The SMILES string of the molecule is Cc1cc(N(c2cccc3c2Cc2ccc(C(C)(C)C)cc2-3)c2c(-c3ccccc3)cc(C(C)(C)C)cc2-c2ccccc2)cc(N2c3ccc(C(C)(C)C)cc3C3(C)CCCCC23C)c1. The summed E-state index contributed by atoms with van der Waals surface area (Å²) in [5.41, 5.74) is 23.5. The van der Waals surface area contributed by atoms with Crippen LogP contribution in [0.2, 0.25) is 0 Å². The van der Waals surface area contributed by atoms with Gasteiger partial charge in [-0.1, -0.05) is 185 Å². The number of hydrogen-bond acceptors (Lipinski definition) is 2. The summed E-state index contributed by atoms with van der Waals surface area (Å²) in [5, 5.41) is 0. The van der Waals surface area contributed by atoms with Crippen LogP contribution in [0.1, 0.15) is 141 Å². The lowest BCUT2D eigenvalue weighted by molar-refractivity contribution is 0.195. The molecule has 66 heavy (non-hydrogen) atoms. The molecule has 1 heterocycles. The molecule has 0 spiro atoms. The Balaban J connectivity index is 1.29. The molecule has 7 aromatic rings. The molecule has 0 amide bonds. The lowest BCUT2D eigenvalue weighted by Crippen LogP contribution is -2.54. The Hall–Kier alpha value is -5.86. The molecule has 0 radical (unpaired) electrons. The molecule has 1 aliphatic heterocycles. The van der Waals surface area contributed by atoms with Crippen molar-refractivity contribution < 1.29 is 0 Å². The second-order valence-electron chi connectivity index (χ2n) is 23.5. The molecule has 1 fully saturated rings. The van der Waals surface area contributed by atoms with Crippen molar-refractivity contribution >= 4 is 28.4 Å². The first kappa shape index (κ1) is 44.0. The van der Waals surface area contributed by atoms with Crippen molar-refractivity contribution in [2.75, 3.05) is 9.80 Å². The van der Waals surface area contributed by atoms with Crippen molar-refractivity contribution in [1.82, 2.24) is 0 Å². The van der Waals surface area contributed by atoms with Crippen LogP contribution in [-0.4, -0.2) is 5.54 Å². The lowest BCUT2D eigenvalue weighted by atomic mass is 9.61. The summed E-state index contributed by atoms with van der Waals surface area (Å²) in [6, 6.07) is 56.5. The van der Waals surface area contributed by atoms with E-state index in [1.54, 1.807) is 0 Å². The van der Waals surface area contributed by atoms with Gasteiger partial charge in [0.15, 0.2) is 0 Å². The second-order valence-corrected chi connectivity index (χ2v) is 23.5. The largest absolute Gasteiger partial charge is 0.334 e. The maximum absolute atomic E-state index is 2.78. The highest BCUT2D eigenvalue weighted by Gasteiger charge is 2.58. The molecule has 10 rings (SSSR count). The monoisotopic (exact) mass is 867 g/mol. The highest BCUT2D eigenvalue weighted by molar-refractivity contribution is 6.00. The standard InChI is InChI=1S/C64H70N2/c1-42-34-49(41-50(35-42)66-58-31-30-47(61(5,6)7)40-56(58)63(11)32-19-20-33-64(63,66)12)65(57-27-21-26-51-52-37-46(60(2,3)4)29-28-45(52)36-55(51)57)59-53(43-22-15-13-16-23-43)38-48(62(8,9)10)39-54(59)44-24-17-14-18-25-44/h13-18,21-31,34-35,37-41H,19-20,32-33,36H2,1-12H3. The van der Waals surface area contributed by atoms with Crippen LogP contribution in [-0.2, 0) is 28.1 Å². The molecule has 2 atom stereocenters. The van der Waals surface area contributed by atoms with Crippen molar-refractivity contribution in [3.63, 3.8) is 0 Å². The Morgan fingerprint density at radius 2 is 1.09 bits per heavy atom. The predicted molar refractivity (Wildman–Crippen MR) is 284 cm³/mol. The van der Waals surface area contributed by atoms with Gasteiger partial charge in [-0.05, 0) is 147 Å². The maximum atomic E-state index is 2.78. The second kappa shape index (κ2) is 15.6. The summed E-state index contributed by atoms with van der Waals surface area (Å²) < 4.78 is 0. The van der Waals surface area contributed by atoms with E-state index in [9.17, 15) is 0 Å². The molecule has 0 N–H and O–H groups in total. The van der Waals surface area contributed by atoms with E-state index in [1.807, 2.05) is 0 Å². The van der Waals surface area contributed by atoms with Gasteiger partial charge in [-0.3, -0.25) is 0 Å². The van der Waals surface area contributed by atoms with E-state index in [0.717, 1.165) is 12.8 Å². The molecular formula is C64H70N2. The highest BCUT2D eigenvalue weighted by atomic mass is 15.3. The Kier molecular flexibility index (Phi) is 10.4. The van der Waals surface area contributed by atoms with E-state index in [2.05, 4.69) is 238 Å². The van der Waals surface area contributed by atoms with Crippen molar-refractivity contribution in [3.05, 3.63) is 185 Å². The van der Waals surface area contributed by atoms with E-state index in [0.29, 0.717) is 0 Å². The minimum atomic E-state index is -0.0842. The van der Waals surface area contributed by atoms with Crippen molar-refractivity contribution in [3.8, 4) is 33.4 Å². The first-order valence-electron chi connectivity index (χ1n) is 24.7. The van der Waals surface area contributed by atoms with E-state index < -0.39 is 0 Å². The van der Waals surface area contributed by atoms with Gasteiger partial charge in [-0.25, -0.2) is 0 Å². The zero-order valence-electron chi connectivity index (χ0n) is 41.8. The number of anilines is 5. The summed E-state index contributed by atoms with van der Waals surface area (Å²) >= 11 is 0. The number of fused-ring (bicyclic) bond motifs is 6. The minimum Gasteiger partial charge on any atom is -0.334 e. The van der Waals surface area contributed by atoms with Crippen molar-refractivity contribution in [2.45, 2.75) is 142 Å². The van der Waals surface area contributed by atoms with Gasteiger partial charge in [0.05, 0.1) is 16.9 Å². The predicted octanol–water partition coefficient (Wildman–Crippen LogP) is 18.0. The highest BCUT2D eigenvalue weighted by Crippen LogP contribution is 2.62. The summed E-state index contributed by atoms with van der Waals surface area (Å²) in [6.07, 6.45) is 5.73. The molecule has 2 heteroatoms.